The predicted molar refractivity (Wildman–Crippen MR) is 52.8 cm³/mol. The molecule has 0 aromatic heterocycles. The lowest BCUT2D eigenvalue weighted by atomic mass is 10.3. The van der Waals surface area contributed by atoms with Crippen molar-refractivity contribution in [3.63, 3.8) is 0 Å². The zero-order valence-electron chi connectivity index (χ0n) is 8.08. The van der Waals surface area contributed by atoms with E-state index in [9.17, 15) is 18.0 Å². The summed E-state index contributed by atoms with van der Waals surface area (Å²) in [5.74, 6) is -0.355. The Morgan fingerprint density at radius 2 is 1.81 bits per heavy atom. The zero-order chi connectivity index (χ0) is 12.3. The van der Waals surface area contributed by atoms with Crippen LogP contribution >= 0.6 is 11.6 Å². The van der Waals surface area contributed by atoms with Crippen molar-refractivity contribution < 1.29 is 22.7 Å². The number of halogens is 4. The van der Waals surface area contributed by atoms with Crippen LogP contribution < -0.4 is 9.64 Å². The molecule has 0 fully saturated rings. The lowest BCUT2D eigenvalue weighted by Crippen LogP contribution is -2.20. The Morgan fingerprint density at radius 3 is 2.19 bits per heavy atom. The lowest BCUT2D eigenvalue weighted by Gasteiger charge is -2.14. The van der Waals surface area contributed by atoms with Crippen LogP contribution in [-0.4, -0.2) is 18.8 Å². The van der Waals surface area contributed by atoms with Gasteiger partial charge in [0.2, 0.25) is 0 Å². The highest BCUT2D eigenvalue weighted by Crippen LogP contribution is 2.25. The van der Waals surface area contributed by atoms with Crippen LogP contribution in [-0.2, 0) is 0 Å². The number of amides is 1. The summed E-state index contributed by atoms with van der Waals surface area (Å²) in [6.07, 6.45) is -4.73. The van der Waals surface area contributed by atoms with E-state index in [1.165, 1.54) is 19.2 Å². The highest BCUT2D eigenvalue weighted by atomic mass is 35.5. The normalized spacial score (nSPS) is 11.1. The molecule has 1 rings (SSSR count). The molecule has 1 amide bonds. The van der Waals surface area contributed by atoms with Crippen molar-refractivity contribution in [1.29, 1.82) is 0 Å². The van der Waals surface area contributed by atoms with E-state index in [0.29, 0.717) is 5.69 Å². The molecule has 7 heteroatoms. The van der Waals surface area contributed by atoms with Crippen LogP contribution in [0.25, 0.3) is 0 Å². The van der Waals surface area contributed by atoms with Gasteiger partial charge in [0.1, 0.15) is 5.75 Å². The molecular weight excluding hydrogens is 247 g/mol. The molecule has 0 saturated carbocycles. The number of anilines is 1. The van der Waals surface area contributed by atoms with Gasteiger partial charge in [-0.1, -0.05) is 0 Å². The van der Waals surface area contributed by atoms with Gasteiger partial charge < -0.3 is 9.64 Å². The number of ether oxygens (including phenoxy) is 1. The molecule has 0 bridgehead atoms. The summed E-state index contributed by atoms with van der Waals surface area (Å²) in [5, 5.41) is -0.732. The van der Waals surface area contributed by atoms with Crippen molar-refractivity contribution in [1.82, 2.24) is 0 Å². The molecule has 0 aliphatic rings. The highest BCUT2D eigenvalue weighted by molar-refractivity contribution is 6.66. The third-order valence-electron chi connectivity index (χ3n) is 1.72. The standard InChI is InChI=1S/C9H7ClF3NO2/c1-14(8(10)15)6-2-4-7(5-3-6)16-9(11,12)13/h2-5H,1H3. The van der Waals surface area contributed by atoms with Crippen LogP contribution in [0, 0.1) is 0 Å². The van der Waals surface area contributed by atoms with Crippen molar-refractivity contribution in [2.45, 2.75) is 6.36 Å². The van der Waals surface area contributed by atoms with E-state index >= 15 is 0 Å². The number of carbonyl (C=O) groups is 1. The molecule has 0 aliphatic heterocycles. The minimum absolute atomic E-state index is 0.355. The maximum atomic E-state index is 11.8. The summed E-state index contributed by atoms with van der Waals surface area (Å²) in [5.41, 5.74) is 0.370. The van der Waals surface area contributed by atoms with Gasteiger partial charge >= 0.3 is 11.7 Å². The van der Waals surface area contributed by atoms with Crippen LogP contribution in [0.5, 0.6) is 5.75 Å². The number of nitrogens with zero attached hydrogens (tertiary/aromatic N) is 1. The molecule has 0 heterocycles. The van der Waals surface area contributed by atoms with E-state index in [1.807, 2.05) is 0 Å². The topological polar surface area (TPSA) is 29.5 Å². The Bertz CT molecular complexity index is 377. The fraction of sp³-hybridized carbons (Fsp3) is 0.222. The van der Waals surface area contributed by atoms with Gasteiger partial charge in [0, 0.05) is 12.7 Å². The van der Waals surface area contributed by atoms with Gasteiger partial charge in [0.15, 0.2) is 0 Å². The van der Waals surface area contributed by atoms with Gasteiger partial charge in [-0.05, 0) is 35.9 Å². The number of rotatable bonds is 2. The first-order valence-electron chi connectivity index (χ1n) is 4.08. The van der Waals surface area contributed by atoms with Crippen LogP contribution in [0.3, 0.4) is 0 Å². The Balaban J connectivity index is 2.79. The first-order valence-corrected chi connectivity index (χ1v) is 4.46. The largest absolute Gasteiger partial charge is 0.573 e. The fourth-order valence-corrected chi connectivity index (χ4v) is 1.07. The van der Waals surface area contributed by atoms with Crippen LogP contribution in [0.2, 0.25) is 0 Å². The Hall–Kier alpha value is -1.43. The van der Waals surface area contributed by atoms with E-state index < -0.39 is 11.7 Å². The second-order valence-corrected chi connectivity index (χ2v) is 3.18. The molecule has 0 N–H and O–H groups in total. The van der Waals surface area contributed by atoms with Crippen molar-refractivity contribution in [2.75, 3.05) is 11.9 Å². The first-order chi connectivity index (χ1) is 7.29. The molecule has 16 heavy (non-hydrogen) atoms. The van der Waals surface area contributed by atoms with Gasteiger partial charge in [-0.15, -0.1) is 13.2 Å². The third kappa shape index (κ3) is 3.62. The minimum Gasteiger partial charge on any atom is -0.406 e. The van der Waals surface area contributed by atoms with Crippen molar-refractivity contribution in [3.8, 4) is 5.75 Å². The molecule has 0 unspecified atom stereocenters. The highest BCUT2D eigenvalue weighted by Gasteiger charge is 2.31. The molecule has 0 atom stereocenters. The maximum Gasteiger partial charge on any atom is 0.573 e. The summed E-state index contributed by atoms with van der Waals surface area (Å²) < 4.78 is 39.1. The van der Waals surface area contributed by atoms with E-state index in [2.05, 4.69) is 4.74 Å². The van der Waals surface area contributed by atoms with Crippen molar-refractivity contribution in [2.24, 2.45) is 0 Å². The summed E-state index contributed by atoms with van der Waals surface area (Å²) in [4.78, 5) is 11.8. The smallest absolute Gasteiger partial charge is 0.406 e. The summed E-state index contributed by atoms with van der Waals surface area (Å²) >= 11 is 5.18. The predicted octanol–water partition coefficient (Wildman–Crippen LogP) is 3.38. The SMILES string of the molecule is CN(C(=O)Cl)c1ccc(OC(F)(F)F)cc1. The Morgan fingerprint density at radius 1 is 1.31 bits per heavy atom. The third-order valence-corrected chi connectivity index (χ3v) is 1.97. The molecule has 88 valence electrons. The van der Waals surface area contributed by atoms with Crippen LogP contribution in [0.15, 0.2) is 24.3 Å². The molecular formula is C9H7ClF3NO2. The minimum atomic E-state index is -4.73. The van der Waals surface area contributed by atoms with Gasteiger partial charge in [-0.3, -0.25) is 4.79 Å². The van der Waals surface area contributed by atoms with Gasteiger partial charge in [-0.2, -0.15) is 0 Å². The van der Waals surface area contributed by atoms with Gasteiger partial charge in [0.05, 0.1) is 0 Å². The molecule has 0 spiro atoms. The monoisotopic (exact) mass is 253 g/mol. The molecule has 0 radical (unpaired) electrons. The van der Waals surface area contributed by atoms with Crippen LogP contribution in [0.4, 0.5) is 23.7 Å². The maximum absolute atomic E-state index is 11.8. The van der Waals surface area contributed by atoms with E-state index in [-0.39, 0.29) is 5.75 Å². The quantitative estimate of drug-likeness (QED) is 0.597. The van der Waals surface area contributed by atoms with Crippen molar-refractivity contribution >= 4 is 22.7 Å². The summed E-state index contributed by atoms with van der Waals surface area (Å²) in [6.45, 7) is 0. The molecule has 0 aliphatic carbocycles. The Kier molecular flexibility index (Phi) is 3.64. The van der Waals surface area contributed by atoms with E-state index in [1.54, 1.807) is 0 Å². The lowest BCUT2D eigenvalue weighted by molar-refractivity contribution is -0.274. The Labute approximate surface area is 94.4 Å². The van der Waals surface area contributed by atoms with Gasteiger partial charge in [-0.25, -0.2) is 0 Å². The average molecular weight is 254 g/mol. The zero-order valence-corrected chi connectivity index (χ0v) is 8.84. The summed E-state index contributed by atoms with van der Waals surface area (Å²) in [7, 11) is 1.40. The van der Waals surface area contributed by atoms with Crippen molar-refractivity contribution in [3.05, 3.63) is 24.3 Å². The molecule has 0 saturated heterocycles. The number of hydrogen-bond donors (Lipinski definition) is 0. The number of carbonyl (C=O) groups excluding carboxylic acids is 1. The van der Waals surface area contributed by atoms with E-state index in [4.69, 9.17) is 11.6 Å². The first kappa shape index (κ1) is 12.6. The van der Waals surface area contributed by atoms with Gasteiger partial charge in [0.25, 0.3) is 0 Å². The second-order valence-electron chi connectivity index (χ2n) is 2.85. The second kappa shape index (κ2) is 4.61. The average Bonchev–Trinajstić information content (AvgIpc) is 2.15. The molecule has 1 aromatic rings. The number of benzene rings is 1. The van der Waals surface area contributed by atoms with Crippen LogP contribution in [0.1, 0.15) is 0 Å². The number of alkyl halides is 3. The van der Waals surface area contributed by atoms with E-state index in [0.717, 1.165) is 17.0 Å². The summed E-state index contributed by atoms with van der Waals surface area (Å²) in [6, 6.07) is 4.78. The molecule has 3 nitrogen and oxygen atoms in total. The fourth-order valence-electron chi connectivity index (χ4n) is 0.973. The number of hydrogen-bond acceptors (Lipinski definition) is 2. The molecule has 1 aromatic carbocycles.